The summed E-state index contributed by atoms with van der Waals surface area (Å²) >= 11 is 0. The van der Waals surface area contributed by atoms with Crippen molar-refractivity contribution in [3.05, 3.63) is 29.3 Å². The Hall–Kier alpha value is -1.97. The van der Waals surface area contributed by atoms with Crippen LogP contribution in [-0.4, -0.2) is 44.1 Å². The van der Waals surface area contributed by atoms with Gasteiger partial charge in [0.1, 0.15) is 5.75 Å². The summed E-state index contributed by atoms with van der Waals surface area (Å²) in [4.78, 5) is 15.9. The van der Waals surface area contributed by atoms with E-state index in [0.717, 1.165) is 37.6 Å². The van der Waals surface area contributed by atoms with Crippen LogP contribution in [-0.2, 0) is 10.2 Å². The second kappa shape index (κ2) is 7.51. The highest BCUT2D eigenvalue weighted by atomic mass is 16.5. The lowest BCUT2D eigenvalue weighted by atomic mass is 9.83. The number of allylic oxidation sites excluding steroid dienone is 2. The van der Waals surface area contributed by atoms with Crippen molar-refractivity contribution >= 4 is 17.2 Å². The van der Waals surface area contributed by atoms with Crippen LogP contribution >= 0.6 is 0 Å². The SMILES string of the molecule is CC=C(C)c1cc(N2CCN(C(C)=O)CC2)c(OC)c(C(C)(C)C)c1. The van der Waals surface area contributed by atoms with Crippen molar-refractivity contribution in [2.75, 3.05) is 38.2 Å². The van der Waals surface area contributed by atoms with E-state index < -0.39 is 0 Å². The van der Waals surface area contributed by atoms with E-state index >= 15 is 0 Å². The van der Waals surface area contributed by atoms with Crippen LogP contribution in [0, 0.1) is 0 Å². The van der Waals surface area contributed by atoms with Gasteiger partial charge in [-0.25, -0.2) is 0 Å². The molecule has 25 heavy (non-hydrogen) atoms. The molecule has 0 saturated carbocycles. The van der Waals surface area contributed by atoms with Crippen LogP contribution < -0.4 is 9.64 Å². The number of nitrogens with zero attached hydrogens (tertiary/aromatic N) is 2. The maximum atomic E-state index is 11.6. The van der Waals surface area contributed by atoms with Crippen molar-refractivity contribution in [2.24, 2.45) is 0 Å². The van der Waals surface area contributed by atoms with Gasteiger partial charge >= 0.3 is 0 Å². The maximum absolute atomic E-state index is 11.6. The highest BCUT2D eigenvalue weighted by Crippen LogP contribution is 2.41. The van der Waals surface area contributed by atoms with E-state index in [0.29, 0.717) is 0 Å². The number of piperazine rings is 1. The fourth-order valence-electron chi connectivity index (χ4n) is 3.28. The van der Waals surface area contributed by atoms with Crippen molar-refractivity contribution in [1.29, 1.82) is 0 Å². The van der Waals surface area contributed by atoms with Gasteiger partial charge in [-0.3, -0.25) is 4.79 Å². The van der Waals surface area contributed by atoms with E-state index in [-0.39, 0.29) is 11.3 Å². The molecule has 1 amide bonds. The molecular formula is C21H32N2O2. The molecule has 0 bridgehead atoms. The van der Waals surface area contributed by atoms with Gasteiger partial charge in [0, 0.05) is 38.7 Å². The molecule has 138 valence electrons. The molecule has 1 aromatic rings. The fourth-order valence-corrected chi connectivity index (χ4v) is 3.28. The summed E-state index contributed by atoms with van der Waals surface area (Å²) in [6.45, 7) is 15.7. The fraction of sp³-hybridized carbons (Fsp3) is 0.571. The zero-order chi connectivity index (χ0) is 18.8. The highest BCUT2D eigenvalue weighted by molar-refractivity contribution is 5.76. The number of carbonyl (C=O) groups excluding carboxylic acids is 1. The van der Waals surface area contributed by atoms with Crippen LogP contribution in [0.2, 0.25) is 0 Å². The number of carbonyl (C=O) groups is 1. The second-order valence-corrected chi connectivity index (χ2v) is 7.79. The first-order valence-electron chi connectivity index (χ1n) is 9.05. The van der Waals surface area contributed by atoms with Crippen molar-refractivity contribution in [3.8, 4) is 5.75 Å². The zero-order valence-electron chi connectivity index (χ0n) is 16.8. The van der Waals surface area contributed by atoms with E-state index in [1.165, 1.54) is 16.7 Å². The van der Waals surface area contributed by atoms with Crippen molar-refractivity contribution in [1.82, 2.24) is 4.90 Å². The number of methoxy groups -OCH3 is 1. The summed E-state index contributed by atoms with van der Waals surface area (Å²) in [6.07, 6.45) is 2.14. The second-order valence-electron chi connectivity index (χ2n) is 7.79. The summed E-state index contributed by atoms with van der Waals surface area (Å²) in [7, 11) is 1.75. The van der Waals surface area contributed by atoms with Crippen LogP contribution in [0.25, 0.3) is 5.57 Å². The molecule has 0 unspecified atom stereocenters. The van der Waals surface area contributed by atoms with Gasteiger partial charge in [-0.05, 0) is 42.5 Å². The number of benzene rings is 1. The first-order chi connectivity index (χ1) is 11.7. The number of rotatable bonds is 3. The number of ether oxygens (including phenoxy) is 1. The minimum atomic E-state index is -0.00860. The van der Waals surface area contributed by atoms with E-state index in [4.69, 9.17) is 4.74 Å². The maximum Gasteiger partial charge on any atom is 0.219 e. The summed E-state index contributed by atoms with van der Waals surface area (Å²) in [5.74, 6) is 1.11. The molecule has 0 radical (unpaired) electrons. The molecule has 1 fully saturated rings. The first-order valence-corrected chi connectivity index (χ1v) is 9.05. The van der Waals surface area contributed by atoms with E-state index in [1.54, 1.807) is 14.0 Å². The molecule has 0 aromatic heterocycles. The topological polar surface area (TPSA) is 32.8 Å². The van der Waals surface area contributed by atoms with Gasteiger partial charge < -0.3 is 14.5 Å². The molecule has 1 aliphatic heterocycles. The molecule has 1 aliphatic rings. The summed E-state index contributed by atoms with van der Waals surface area (Å²) in [5, 5.41) is 0. The van der Waals surface area contributed by atoms with Crippen molar-refractivity contribution < 1.29 is 9.53 Å². The van der Waals surface area contributed by atoms with E-state index in [9.17, 15) is 4.79 Å². The number of hydrogen-bond acceptors (Lipinski definition) is 3. The highest BCUT2D eigenvalue weighted by Gasteiger charge is 2.27. The molecule has 0 N–H and O–H groups in total. The third-order valence-electron chi connectivity index (χ3n) is 5.04. The van der Waals surface area contributed by atoms with Crippen LogP contribution in [0.3, 0.4) is 0 Å². The summed E-state index contributed by atoms with van der Waals surface area (Å²) in [5.41, 5.74) is 4.84. The minimum Gasteiger partial charge on any atom is -0.494 e. The third kappa shape index (κ3) is 4.17. The predicted octanol–water partition coefficient (Wildman–Crippen LogP) is 4.08. The van der Waals surface area contributed by atoms with E-state index in [2.05, 4.69) is 57.7 Å². The first kappa shape index (κ1) is 19.4. The Balaban J connectivity index is 2.50. The van der Waals surface area contributed by atoms with Crippen LogP contribution in [0.1, 0.15) is 52.7 Å². The van der Waals surface area contributed by atoms with Crippen LogP contribution in [0.15, 0.2) is 18.2 Å². The van der Waals surface area contributed by atoms with Gasteiger partial charge in [0.05, 0.1) is 12.8 Å². The predicted molar refractivity (Wildman–Crippen MR) is 105 cm³/mol. The standard InChI is InChI=1S/C21H32N2O2/c1-8-15(2)17-13-18(21(4,5)6)20(25-7)19(14-17)23-11-9-22(10-12-23)16(3)24/h8,13-14H,9-12H2,1-7H3. The zero-order valence-corrected chi connectivity index (χ0v) is 16.8. The third-order valence-corrected chi connectivity index (χ3v) is 5.04. The van der Waals surface area contributed by atoms with Crippen molar-refractivity contribution in [3.63, 3.8) is 0 Å². The minimum absolute atomic E-state index is 0.00860. The van der Waals surface area contributed by atoms with Gasteiger partial charge in [0.15, 0.2) is 0 Å². The Bertz CT molecular complexity index is 663. The number of amides is 1. The lowest BCUT2D eigenvalue weighted by Crippen LogP contribution is -2.48. The Morgan fingerprint density at radius 2 is 1.72 bits per heavy atom. The lowest BCUT2D eigenvalue weighted by Gasteiger charge is -2.37. The molecule has 4 nitrogen and oxygen atoms in total. The Labute approximate surface area is 152 Å². The van der Waals surface area contributed by atoms with Gasteiger partial charge in [0.25, 0.3) is 0 Å². The number of anilines is 1. The van der Waals surface area contributed by atoms with Crippen molar-refractivity contribution in [2.45, 2.75) is 47.0 Å². The molecular weight excluding hydrogens is 312 g/mol. The average molecular weight is 344 g/mol. The average Bonchev–Trinajstić information content (AvgIpc) is 2.59. The summed E-state index contributed by atoms with van der Waals surface area (Å²) in [6, 6.07) is 4.48. The lowest BCUT2D eigenvalue weighted by molar-refractivity contribution is -0.129. The Morgan fingerprint density at radius 3 is 2.16 bits per heavy atom. The van der Waals surface area contributed by atoms with Gasteiger partial charge in [-0.2, -0.15) is 0 Å². The summed E-state index contributed by atoms with van der Waals surface area (Å²) < 4.78 is 5.86. The van der Waals surface area contributed by atoms with Gasteiger partial charge in [-0.15, -0.1) is 0 Å². The number of hydrogen-bond donors (Lipinski definition) is 0. The van der Waals surface area contributed by atoms with Gasteiger partial charge in [0.2, 0.25) is 5.91 Å². The molecule has 1 aromatic carbocycles. The normalized spacial score (nSPS) is 16.2. The monoisotopic (exact) mass is 344 g/mol. The smallest absolute Gasteiger partial charge is 0.219 e. The molecule has 0 aliphatic carbocycles. The molecule has 1 saturated heterocycles. The van der Waals surface area contributed by atoms with E-state index in [1.807, 2.05) is 4.90 Å². The quantitative estimate of drug-likeness (QED) is 0.828. The molecule has 1 heterocycles. The van der Waals surface area contributed by atoms with Crippen LogP contribution in [0.5, 0.6) is 5.75 Å². The molecule has 2 rings (SSSR count). The van der Waals surface area contributed by atoms with Gasteiger partial charge in [-0.1, -0.05) is 26.8 Å². The Kier molecular flexibility index (Phi) is 5.81. The molecule has 4 heteroatoms. The Morgan fingerprint density at radius 1 is 1.12 bits per heavy atom. The molecule has 0 atom stereocenters. The van der Waals surface area contributed by atoms with Crippen LogP contribution in [0.4, 0.5) is 5.69 Å². The molecule has 0 spiro atoms. The largest absolute Gasteiger partial charge is 0.494 e.